The van der Waals surface area contributed by atoms with Crippen molar-refractivity contribution >= 4 is 23.4 Å². The number of carbonyl (C=O) groups excluding carboxylic acids is 2. The van der Waals surface area contributed by atoms with E-state index >= 15 is 0 Å². The Kier molecular flexibility index (Phi) is 7.73. The van der Waals surface area contributed by atoms with Crippen LogP contribution in [0.3, 0.4) is 0 Å². The maximum atomic E-state index is 14.1. The van der Waals surface area contributed by atoms with E-state index in [1.165, 1.54) is 12.1 Å². The van der Waals surface area contributed by atoms with E-state index in [0.29, 0.717) is 45.2 Å². The fourth-order valence-corrected chi connectivity index (χ4v) is 5.79. The molecule has 10 heteroatoms. The number of aliphatic hydroxyl groups is 1. The number of likely N-dealkylation sites (tertiary alicyclic amines) is 1. The summed E-state index contributed by atoms with van der Waals surface area (Å²) < 4.78 is 47.3. The first kappa shape index (κ1) is 26.6. The van der Waals surface area contributed by atoms with Gasteiger partial charge in [-0.2, -0.15) is 13.2 Å². The van der Waals surface area contributed by atoms with Crippen LogP contribution in [0.2, 0.25) is 0 Å². The highest BCUT2D eigenvalue weighted by molar-refractivity contribution is 5.87. The monoisotopic (exact) mass is 511 g/mol. The largest absolute Gasteiger partial charge is 0.449 e. The van der Waals surface area contributed by atoms with Crippen LogP contribution in [0.25, 0.3) is 0 Å². The molecule has 1 spiro atoms. The molecule has 4 rings (SSSR count). The van der Waals surface area contributed by atoms with Gasteiger partial charge in [0.2, 0.25) is 5.91 Å². The molecule has 2 heterocycles. The Morgan fingerprint density at radius 3 is 2.58 bits per heavy atom. The summed E-state index contributed by atoms with van der Waals surface area (Å²) >= 11 is 0. The smallest absolute Gasteiger partial charge is 0.418 e. The molecule has 36 heavy (non-hydrogen) atoms. The summed E-state index contributed by atoms with van der Waals surface area (Å²) in [7, 11) is 0. The van der Waals surface area contributed by atoms with Gasteiger partial charge in [0.05, 0.1) is 23.7 Å². The number of nitrogens with one attached hydrogen (secondary N) is 1. The Morgan fingerprint density at radius 1 is 1.19 bits per heavy atom. The first-order chi connectivity index (χ1) is 17.0. The first-order valence-electron chi connectivity index (χ1n) is 12.9. The Morgan fingerprint density at radius 2 is 1.92 bits per heavy atom. The maximum Gasteiger partial charge on any atom is 0.418 e. The van der Waals surface area contributed by atoms with Crippen LogP contribution in [0.4, 0.5) is 29.3 Å². The minimum Gasteiger partial charge on any atom is -0.449 e. The highest BCUT2D eigenvalue weighted by Crippen LogP contribution is 2.46. The first-order valence-corrected chi connectivity index (χ1v) is 12.9. The molecule has 1 atom stereocenters. The molecule has 7 nitrogen and oxygen atoms in total. The average molecular weight is 512 g/mol. The summed E-state index contributed by atoms with van der Waals surface area (Å²) in [6.07, 6.45) is -0.946. The number of aliphatic hydroxyl groups excluding tert-OH is 1. The lowest BCUT2D eigenvalue weighted by Gasteiger charge is -2.42. The molecular formula is C26H36F3N3O4. The third-order valence-corrected chi connectivity index (χ3v) is 7.67. The van der Waals surface area contributed by atoms with Crippen molar-refractivity contribution in [2.45, 2.75) is 77.1 Å². The predicted octanol–water partition coefficient (Wildman–Crippen LogP) is 5.03. The lowest BCUT2D eigenvalue weighted by molar-refractivity contribution is -0.139. The zero-order chi connectivity index (χ0) is 26.1. The minimum atomic E-state index is -4.63. The summed E-state index contributed by atoms with van der Waals surface area (Å²) in [4.78, 5) is 29.1. The highest BCUT2D eigenvalue weighted by atomic mass is 19.4. The molecule has 3 aliphatic rings. The van der Waals surface area contributed by atoms with E-state index in [-0.39, 0.29) is 48.5 Å². The second-order valence-corrected chi connectivity index (χ2v) is 10.9. The molecule has 2 aliphatic heterocycles. The minimum absolute atomic E-state index is 0.00848. The van der Waals surface area contributed by atoms with Crippen LogP contribution in [0.1, 0.15) is 64.4 Å². The second kappa shape index (κ2) is 10.5. The third kappa shape index (κ3) is 5.74. The van der Waals surface area contributed by atoms with Gasteiger partial charge in [0.15, 0.2) is 0 Å². The van der Waals surface area contributed by atoms with Gasteiger partial charge in [-0.15, -0.1) is 0 Å². The van der Waals surface area contributed by atoms with Crippen LogP contribution < -0.4 is 10.2 Å². The Balaban J connectivity index is 1.51. The lowest BCUT2D eigenvalue weighted by Crippen LogP contribution is -2.50. The number of rotatable bonds is 5. The molecule has 0 bridgehead atoms. The number of ether oxygens (including phenoxy) is 1. The van der Waals surface area contributed by atoms with Crippen LogP contribution in [0.5, 0.6) is 0 Å². The van der Waals surface area contributed by atoms with Crippen molar-refractivity contribution in [3.8, 4) is 0 Å². The molecule has 0 radical (unpaired) electrons. The number of anilines is 2. The molecule has 0 aromatic heterocycles. The van der Waals surface area contributed by atoms with Gasteiger partial charge in [-0.05, 0) is 69.1 Å². The summed E-state index contributed by atoms with van der Waals surface area (Å²) in [5.74, 6) is 0.141. The molecule has 1 aliphatic carbocycles. The standard InChI is InChI=1S/C26H36F3N3O4/c1-17(2)15-36-24(35)30-18-4-9-22(21(14-18)26(27,28)29)31-12-3-10-25(16-31)11-13-32(23(25)34)19-5-7-20(33)8-6-19/h4,9,14,17,19-20,33H,3,5-8,10-13,15-16H2,1-2H3,(H,30,35)/t19?,20?,25-/m0/s1. The molecule has 2 N–H and O–H groups in total. The normalized spacial score (nSPS) is 27.1. The molecule has 3 fully saturated rings. The van der Waals surface area contributed by atoms with Gasteiger partial charge in [-0.1, -0.05) is 13.8 Å². The van der Waals surface area contributed by atoms with Gasteiger partial charge in [-0.25, -0.2) is 4.79 Å². The predicted molar refractivity (Wildman–Crippen MR) is 130 cm³/mol. The van der Waals surface area contributed by atoms with E-state index in [4.69, 9.17) is 4.74 Å². The number of halogens is 3. The fourth-order valence-electron chi connectivity index (χ4n) is 5.79. The topological polar surface area (TPSA) is 82.1 Å². The van der Waals surface area contributed by atoms with Crippen molar-refractivity contribution in [2.75, 3.05) is 36.5 Å². The SMILES string of the molecule is CC(C)COC(=O)Nc1ccc(N2CCC[C@]3(CCN(C4CCC(O)CC4)C3=O)C2)c(C(F)(F)F)c1. The van der Waals surface area contributed by atoms with E-state index in [1.54, 1.807) is 4.90 Å². The Bertz CT molecular complexity index is 962. The number of hydrogen-bond donors (Lipinski definition) is 2. The molecular weight excluding hydrogens is 475 g/mol. The number of piperidine rings is 1. The van der Waals surface area contributed by atoms with E-state index in [2.05, 4.69) is 5.32 Å². The number of amides is 2. The van der Waals surface area contributed by atoms with Crippen LogP contribution >= 0.6 is 0 Å². The molecule has 2 saturated heterocycles. The lowest BCUT2D eigenvalue weighted by atomic mass is 9.78. The fraction of sp³-hybridized carbons (Fsp3) is 0.692. The molecule has 200 valence electrons. The van der Waals surface area contributed by atoms with E-state index in [9.17, 15) is 27.9 Å². The van der Waals surface area contributed by atoms with Crippen LogP contribution in [-0.4, -0.2) is 60.4 Å². The Hall–Kier alpha value is -2.49. The molecule has 1 aromatic carbocycles. The van der Waals surface area contributed by atoms with Crippen molar-refractivity contribution in [3.63, 3.8) is 0 Å². The zero-order valence-electron chi connectivity index (χ0n) is 20.9. The summed E-state index contributed by atoms with van der Waals surface area (Å²) in [6.45, 7) is 5.17. The number of carbonyl (C=O) groups is 2. The molecule has 1 aromatic rings. The number of hydrogen-bond acceptors (Lipinski definition) is 5. The highest BCUT2D eigenvalue weighted by Gasteiger charge is 2.51. The van der Waals surface area contributed by atoms with Crippen molar-refractivity contribution in [3.05, 3.63) is 23.8 Å². The van der Waals surface area contributed by atoms with Gasteiger partial charge in [-0.3, -0.25) is 10.1 Å². The second-order valence-electron chi connectivity index (χ2n) is 10.9. The number of alkyl halides is 3. The van der Waals surface area contributed by atoms with Crippen LogP contribution in [0.15, 0.2) is 18.2 Å². The quantitative estimate of drug-likeness (QED) is 0.579. The van der Waals surface area contributed by atoms with Crippen molar-refractivity contribution in [1.82, 2.24) is 4.90 Å². The van der Waals surface area contributed by atoms with Crippen molar-refractivity contribution in [2.24, 2.45) is 11.3 Å². The summed E-state index contributed by atoms with van der Waals surface area (Å²) in [5, 5.41) is 12.2. The van der Waals surface area contributed by atoms with E-state index < -0.39 is 23.2 Å². The van der Waals surface area contributed by atoms with Gasteiger partial charge < -0.3 is 19.6 Å². The van der Waals surface area contributed by atoms with Gasteiger partial charge in [0, 0.05) is 37.1 Å². The van der Waals surface area contributed by atoms with E-state index in [1.807, 2.05) is 18.7 Å². The van der Waals surface area contributed by atoms with E-state index in [0.717, 1.165) is 18.9 Å². The maximum absolute atomic E-state index is 14.1. The summed E-state index contributed by atoms with van der Waals surface area (Å²) in [6, 6.07) is 3.85. The van der Waals surface area contributed by atoms with Gasteiger partial charge in [0.1, 0.15) is 0 Å². The van der Waals surface area contributed by atoms with Crippen LogP contribution in [-0.2, 0) is 15.7 Å². The zero-order valence-corrected chi connectivity index (χ0v) is 20.9. The number of benzene rings is 1. The number of nitrogens with zero attached hydrogens (tertiary/aromatic N) is 2. The Labute approximate surface area is 210 Å². The molecule has 1 saturated carbocycles. The van der Waals surface area contributed by atoms with Crippen molar-refractivity contribution in [1.29, 1.82) is 0 Å². The van der Waals surface area contributed by atoms with Gasteiger partial charge in [0.25, 0.3) is 0 Å². The molecule has 2 amide bonds. The summed E-state index contributed by atoms with van der Waals surface area (Å²) in [5.41, 5.74) is -1.50. The average Bonchev–Trinajstić information content (AvgIpc) is 3.13. The third-order valence-electron chi connectivity index (χ3n) is 7.67. The van der Waals surface area contributed by atoms with Crippen LogP contribution in [0, 0.1) is 11.3 Å². The van der Waals surface area contributed by atoms with Gasteiger partial charge >= 0.3 is 12.3 Å². The van der Waals surface area contributed by atoms with Crippen molar-refractivity contribution < 1.29 is 32.6 Å². The molecule has 0 unspecified atom stereocenters.